The van der Waals surface area contributed by atoms with Crippen LogP contribution in [0.15, 0.2) is 138 Å². The predicted molar refractivity (Wildman–Crippen MR) is 193 cm³/mol. The highest BCUT2D eigenvalue weighted by molar-refractivity contribution is 8.00. The number of methoxy groups -OCH3 is 3. The van der Waals surface area contributed by atoms with E-state index in [1.54, 1.807) is 92.0 Å². The summed E-state index contributed by atoms with van der Waals surface area (Å²) in [6.07, 6.45) is 1.54. The summed E-state index contributed by atoms with van der Waals surface area (Å²) < 4.78 is 16.2. The Hall–Kier alpha value is -6.00. The van der Waals surface area contributed by atoms with Crippen LogP contribution in [0.3, 0.4) is 0 Å². The molecule has 5 aromatic rings. The molecule has 0 aliphatic heterocycles. The fraction of sp³-hybridized carbons (Fsp3) is 0.103. The number of anilines is 2. The zero-order chi connectivity index (χ0) is 34.6. The fourth-order valence-corrected chi connectivity index (χ4v) is 5.88. The largest absolute Gasteiger partial charge is 0.497 e. The maximum Gasteiger partial charge on any atom is 0.272 e. The summed E-state index contributed by atoms with van der Waals surface area (Å²) in [5.41, 5.74) is 2.91. The van der Waals surface area contributed by atoms with Crippen molar-refractivity contribution in [2.24, 2.45) is 0 Å². The number of carbonyl (C=O) groups is 3. The zero-order valence-electron chi connectivity index (χ0n) is 27.1. The molecule has 1 atom stereocenters. The molecule has 0 aliphatic carbocycles. The van der Waals surface area contributed by atoms with Crippen molar-refractivity contribution in [1.29, 1.82) is 0 Å². The van der Waals surface area contributed by atoms with Crippen LogP contribution in [-0.4, -0.2) is 39.1 Å². The van der Waals surface area contributed by atoms with E-state index in [0.717, 1.165) is 10.5 Å². The summed E-state index contributed by atoms with van der Waals surface area (Å²) in [4.78, 5) is 41.1. The van der Waals surface area contributed by atoms with Gasteiger partial charge in [-0.15, -0.1) is 11.8 Å². The number of para-hydroxylation sites is 1. The van der Waals surface area contributed by atoms with Crippen LogP contribution in [0.25, 0.3) is 6.08 Å². The number of ether oxygens (including phenoxy) is 3. The van der Waals surface area contributed by atoms with Crippen molar-refractivity contribution in [2.45, 2.75) is 10.1 Å². The second-order valence-electron chi connectivity index (χ2n) is 10.6. The molecule has 0 radical (unpaired) electrons. The monoisotopic (exact) mass is 673 g/mol. The lowest BCUT2D eigenvalue weighted by atomic mass is 10.1. The molecule has 0 aromatic heterocycles. The van der Waals surface area contributed by atoms with Gasteiger partial charge >= 0.3 is 0 Å². The Labute approximate surface area is 289 Å². The second kappa shape index (κ2) is 16.7. The van der Waals surface area contributed by atoms with Crippen molar-refractivity contribution in [3.05, 3.63) is 150 Å². The van der Waals surface area contributed by atoms with E-state index in [9.17, 15) is 14.4 Å². The predicted octanol–water partition coefficient (Wildman–Crippen LogP) is 7.59. The molecule has 10 heteroatoms. The van der Waals surface area contributed by atoms with Crippen molar-refractivity contribution in [3.8, 4) is 17.2 Å². The third-order valence-electron chi connectivity index (χ3n) is 7.33. The summed E-state index contributed by atoms with van der Waals surface area (Å²) >= 11 is 1.38. The Morgan fingerprint density at radius 3 is 1.92 bits per heavy atom. The number of hydrogen-bond donors (Lipinski definition) is 3. The molecule has 0 saturated heterocycles. The molecule has 49 heavy (non-hydrogen) atoms. The van der Waals surface area contributed by atoms with Gasteiger partial charge in [0.25, 0.3) is 11.8 Å². The zero-order valence-corrected chi connectivity index (χ0v) is 28.0. The first-order valence-electron chi connectivity index (χ1n) is 15.3. The number of hydrogen-bond acceptors (Lipinski definition) is 7. The van der Waals surface area contributed by atoms with E-state index in [-0.39, 0.29) is 11.6 Å². The van der Waals surface area contributed by atoms with Crippen LogP contribution < -0.4 is 30.2 Å². The van der Waals surface area contributed by atoms with Crippen LogP contribution in [-0.2, 0) is 9.59 Å². The Bertz CT molecular complexity index is 1920. The highest BCUT2D eigenvalue weighted by Crippen LogP contribution is 2.37. The van der Waals surface area contributed by atoms with Crippen LogP contribution in [0.2, 0.25) is 0 Å². The lowest BCUT2D eigenvalue weighted by Gasteiger charge is -2.18. The van der Waals surface area contributed by atoms with Crippen molar-refractivity contribution in [1.82, 2.24) is 5.32 Å². The molecule has 5 rings (SSSR count). The van der Waals surface area contributed by atoms with Gasteiger partial charge in [0.2, 0.25) is 5.91 Å². The molecule has 0 aliphatic rings. The molecular formula is C39H35N3O6S. The third-order valence-corrected chi connectivity index (χ3v) is 8.59. The smallest absolute Gasteiger partial charge is 0.272 e. The minimum absolute atomic E-state index is 0.00166. The van der Waals surface area contributed by atoms with E-state index < -0.39 is 17.1 Å². The van der Waals surface area contributed by atoms with Gasteiger partial charge in [0, 0.05) is 27.4 Å². The number of benzene rings is 5. The highest BCUT2D eigenvalue weighted by Gasteiger charge is 2.23. The molecular weight excluding hydrogens is 639 g/mol. The van der Waals surface area contributed by atoms with Gasteiger partial charge in [0.15, 0.2) is 11.5 Å². The first-order valence-corrected chi connectivity index (χ1v) is 16.1. The molecule has 3 amide bonds. The van der Waals surface area contributed by atoms with Crippen LogP contribution in [0.4, 0.5) is 11.4 Å². The lowest BCUT2D eigenvalue weighted by molar-refractivity contribution is -0.116. The van der Waals surface area contributed by atoms with Crippen molar-refractivity contribution in [2.75, 3.05) is 32.0 Å². The van der Waals surface area contributed by atoms with E-state index in [2.05, 4.69) is 16.0 Å². The summed E-state index contributed by atoms with van der Waals surface area (Å²) in [7, 11) is 4.61. The molecule has 248 valence electrons. The average molecular weight is 674 g/mol. The fourth-order valence-electron chi connectivity index (χ4n) is 4.86. The van der Waals surface area contributed by atoms with E-state index in [0.29, 0.717) is 39.8 Å². The maximum absolute atomic E-state index is 13.7. The summed E-state index contributed by atoms with van der Waals surface area (Å²) in [5.74, 6) is 0.404. The molecule has 0 saturated carbocycles. The second-order valence-corrected chi connectivity index (χ2v) is 11.7. The molecule has 1 unspecified atom stereocenters. The minimum atomic E-state index is -0.552. The molecule has 3 N–H and O–H groups in total. The van der Waals surface area contributed by atoms with Gasteiger partial charge in [0.1, 0.15) is 16.7 Å². The quantitative estimate of drug-likeness (QED) is 0.0872. The van der Waals surface area contributed by atoms with E-state index in [4.69, 9.17) is 14.2 Å². The Balaban J connectivity index is 1.36. The molecule has 0 heterocycles. The van der Waals surface area contributed by atoms with Gasteiger partial charge in [-0.2, -0.15) is 0 Å². The SMILES string of the molecule is COc1ccc(NC(=O)C(Sc2ccc(NC(=O)/C(=C/c3cccc(OC)c3OC)NC(=O)c3ccccc3)cc2)c2ccccc2)cc1. The van der Waals surface area contributed by atoms with Crippen molar-refractivity contribution >= 4 is 46.9 Å². The normalized spacial score (nSPS) is 11.5. The first kappa shape index (κ1) is 34.3. The number of nitrogens with one attached hydrogen (secondary N) is 3. The van der Waals surface area contributed by atoms with E-state index >= 15 is 0 Å². The van der Waals surface area contributed by atoms with Gasteiger partial charge in [-0.05, 0) is 78.4 Å². The van der Waals surface area contributed by atoms with Crippen LogP contribution >= 0.6 is 11.8 Å². The topological polar surface area (TPSA) is 115 Å². The van der Waals surface area contributed by atoms with Gasteiger partial charge in [-0.3, -0.25) is 14.4 Å². The number of thioether (sulfide) groups is 1. The molecule has 5 aromatic carbocycles. The maximum atomic E-state index is 13.7. The van der Waals surface area contributed by atoms with Crippen molar-refractivity contribution in [3.63, 3.8) is 0 Å². The summed E-state index contributed by atoms with van der Waals surface area (Å²) in [6.45, 7) is 0. The van der Waals surface area contributed by atoms with Crippen LogP contribution in [0, 0.1) is 0 Å². The molecule has 9 nitrogen and oxygen atoms in total. The lowest BCUT2D eigenvalue weighted by Crippen LogP contribution is -2.30. The Morgan fingerprint density at radius 1 is 0.653 bits per heavy atom. The molecule has 0 fully saturated rings. The molecule has 0 bridgehead atoms. The number of rotatable bonds is 13. The van der Waals surface area contributed by atoms with Crippen LogP contribution in [0.1, 0.15) is 26.7 Å². The van der Waals surface area contributed by atoms with Crippen molar-refractivity contribution < 1.29 is 28.6 Å². The number of carbonyl (C=O) groups excluding carboxylic acids is 3. The van der Waals surface area contributed by atoms with E-state index in [1.807, 2.05) is 42.5 Å². The standard InChI is InChI=1S/C39H35N3O6S/c1-46-31-21-17-29(18-22-31)41-39(45)36(26-11-6-4-7-12-26)49-32-23-19-30(20-24-32)40-38(44)33(42-37(43)27-13-8-5-9-14-27)25-28-15-10-16-34(47-2)35(28)48-3/h4-25,36H,1-3H3,(H,40,44)(H,41,45)(H,42,43)/b33-25-. The average Bonchev–Trinajstić information content (AvgIpc) is 3.15. The summed E-state index contributed by atoms with van der Waals surface area (Å²) in [5, 5.41) is 8.06. The third kappa shape index (κ3) is 9.09. The van der Waals surface area contributed by atoms with Gasteiger partial charge in [-0.1, -0.05) is 60.7 Å². The number of amides is 3. The van der Waals surface area contributed by atoms with Gasteiger partial charge < -0.3 is 30.2 Å². The van der Waals surface area contributed by atoms with Crippen LogP contribution in [0.5, 0.6) is 17.2 Å². The van der Waals surface area contributed by atoms with Gasteiger partial charge in [0.05, 0.1) is 21.3 Å². The van der Waals surface area contributed by atoms with E-state index in [1.165, 1.54) is 32.1 Å². The Morgan fingerprint density at radius 2 is 1.29 bits per heavy atom. The Kier molecular flexibility index (Phi) is 11.7. The minimum Gasteiger partial charge on any atom is -0.497 e. The highest BCUT2D eigenvalue weighted by atomic mass is 32.2. The summed E-state index contributed by atoms with van der Waals surface area (Å²) in [6, 6.07) is 37.7. The molecule has 0 spiro atoms. The van der Waals surface area contributed by atoms with Gasteiger partial charge in [-0.25, -0.2) is 0 Å². The first-order chi connectivity index (χ1) is 23.9.